The molecule has 0 radical (unpaired) electrons. The number of rotatable bonds is 0. The van der Waals surface area contributed by atoms with Gasteiger partial charge in [0.05, 0.1) is 13.2 Å². The Labute approximate surface area is 59.2 Å². The highest BCUT2D eigenvalue weighted by Gasteiger charge is 2.42. The Morgan fingerprint density at radius 2 is 2.30 bits per heavy atom. The van der Waals surface area contributed by atoms with E-state index in [0.717, 1.165) is 5.57 Å². The van der Waals surface area contributed by atoms with E-state index in [1.54, 1.807) is 0 Å². The molecule has 1 N–H and O–H groups in total. The van der Waals surface area contributed by atoms with E-state index in [2.05, 4.69) is 6.58 Å². The van der Waals surface area contributed by atoms with Crippen molar-refractivity contribution >= 4 is 0 Å². The molecule has 0 spiro atoms. The van der Waals surface area contributed by atoms with Crippen LogP contribution in [0.4, 0.5) is 0 Å². The highest BCUT2D eigenvalue weighted by atomic mass is 16.6. The summed E-state index contributed by atoms with van der Waals surface area (Å²) in [6, 6.07) is 0. The molecule has 0 amide bonds. The number of ether oxygens (including phenoxy) is 2. The molecular weight excluding hydrogens is 132 g/mol. The summed E-state index contributed by atoms with van der Waals surface area (Å²) < 4.78 is 10.5. The quantitative estimate of drug-likeness (QED) is 0.472. The van der Waals surface area contributed by atoms with E-state index in [4.69, 9.17) is 9.47 Å². The summed E-state index contributed by atoms with van der Waals surface area (Å²) in [6.07, 6.45) is -0.647. The third-order valence-electron chi connectivity index (χ3n) is 1.99. The average Bonchev–Trinajstić information content (AvgIpc) is 2.41. The van der Waals surface area contributed by atoms with Crippen molar-refractivity contribution in [3.8, 4) is 0 Å². The van der Waals surface area contributed by atoms with E-state index in [-0.39, 0.29) is 12.2 Å². The molecule has 3 atom stereocenters. The first-order valence-electron chi connectivity index (χ1n) is 3.38. The van der Waals surface area contributed by atoms with Crippen LogP contribution < -0.4 is 0 Å². The van der Waals surface area contributed by atoms with Gasteiger partial charge in [-0.1, -0.05) is 6.58 Å². The van der Waals surface area contributed by atoms with E-state index in [0.29, 0.717) is 13.2 Å². The third kappa shape index (κ3) is 0.714. The third-order valence-corrected chi connectivity index (χ3v) is 1.99. The first kappa shape index (κ1) is 6.34. The summed E-state index contributed by atoms with van der Waals surface area (Å²) >= 11 is 0. The van der Waals surface area contributed by atoms with Crippen LogP contribution in [0.5, 0.6) is 0 Å². The van der Waals surface area contributed by atoms with Gasteiger partial charge < -0.3 is 14.6 Å². The van der Waals surface area contributed by atoms with E-state index in [9.17, 15) is 5.11 Å². The van der Waals surface area contributed by atoms with Crippen LogP contribution in [0.1, 0.15) is 0 Å². The lowest BCUT2D eigenvalue weighted by molar-refractivity contribution is 0.0194. The van der Waals surface area contributed by atoms with Crippen LogP contribution in [-0.4, -0.2) is 36.6 Å². The molecule has 0 saturated carbocycles. The average molecular weight is 142 g/mol. The highest BCUT2D eigenvalue weighted by Crippen LogP contribution is 2.29. The second kappa shape index (κ2) is 2.05. The largest absolute Gasteiger partial charge is 0.388 e. The normalized spacial score (nSPS) is 46.1. The predicted octanol–water partition coefficient (Wildman–Crippen LogP) is -0.299. The first-order valence-corrected chi connectivity index (χ1v) is 3.38. The number of aliphatic hydroxyl groups excluding tert-OH is 1. The molecule has 0 aromatic rings. The molecule has 56 valence electrons. The summed E-state index contributed by atoms with van der Waals surface area (Å²) in [5, 5.41) is 9.23. The zero-order chi connectivity index (χ0) is 7.14. The monoisotopic (exact) mass is 142 g/mol. The SMILES string of the molecule is C=C1CO[C@@H]2[C@H](O)CO[C@H]12. The summed E-state index contributed by atoms with van der Waals surface area (Å²) in [6.45, 7) is 4.69. The minimum Gasteiger partial charge on any atom is -0.388 e. The highest BCUT2D eigenvalue weighted by molar-refractivity contribution is 5.14. The van der Waals surface area contributed by atoms with Crippen molar-refractivity contribution in [1.82, 2.24) is 0 Å². The van der Waals surface area contributed by atoms with Gasteiger partial charge in [0.25, 0.3) is 0 Å². The Bertz CT molecular complexity index is 166. The maximum absolute atomic E-state index is 9.23. The molecule has 0 unspecified atom stereocenters. The van der Waals surface area contributed by atoms with E-state index < -0.39 is 6.10 Å². The zero-order valence-electron chi connectivity index (χ0n) is 5.62. The molecule has 2 saturated heterocycles. The van der Waals surface area contributed by atoms with Gasteiger partial charge in [-0.3, -0.25) is 0 Å². The molecule has 0 aromatic heterocycles. The van der Waals surface area contributed by atoms with Crippen molar-refractivity contribution in [2.75, 3.05) is 13.2 Å². The maximum Gasteiger partial charge on any atom is 0.116 e. The Kier molecular flexibility index (Phi) is 1.30. The smallest absolute Gasteiger partial charge is 0.116 e. The summed E-state index contributed by atoms with van der Waals surface area (Å²) in [4.78, 5) is 0. The Morgan fingerprint density at radius 3 is 3.00 bits per heavy atom. The molecule has 2 rings (SSSR count). The van der Waals surface area contributed by atoms with E-state index in [1.165, 1.54) is 0 Å². The minimum absolute atomic E-state index is 0.0463. The number of hydrogen-bond acceptors (Lipinski definition) is 3. The molecule has 2 aliphatic heterocycles. The van der Waals surface area contributed by atoms with Gasteiger partial charge in [0.15, 0.2) is 0 Å². The standard InChI is InChI=1S/C7H10O3/c1-4-2-9-7-5(8)3-10-6(4)7/h5-8H,1-3H2/t5-,6-,7-/m1/s1. The second-order valence-electron chi connectivity index (χ2n) is 2.76. The van der Waals surface area contributed by atoms with Gasteiger partial charge in [-0.05, 0) is 5.57 Å². The van der Waals surface area contributed by atoms with Gasteiger partial charge in [-0.2, -0.15) is 0 Å². The van der Waals surface area contributed by atoms with Gasteiger partial charge in [-0.25, -0.2) is 0 Å². The van der Waals surface area contributed by atoms with Crippen LogP contribution in [0.25, 0.3) is 0 Å². The van der Waals surface area contributed by atoms with Crippen molar-refractivity contribution in [3.05, 3.63) is 12.2 Å². The zero-order valence-corrected chi connectivity index (χ0v) is 5.62. The van der Waals surface area contributed by atoms with Gasteiger partial charge in [0, 0.05) is 0 Å². The fourth-order valence-corrected chi connectivity index (χ4v) is 1.43. The molecule has 3 heteroatoms. The summed E-state index contributed by atoms with van der Waals surface area (Å²) in [5.41, 5.74) is 0.946. The topological polar surface area (TPSA) is 38.7 Å². The molecule has 0 bridgehead atoms. The van der Waals surface area contributed by atoms with Crippen LogP contribution in [0.3, 0.4) is 0 Å². The fraction of sp³-hybridized carbons (Fsp3) is 0.714. The van der Waals surface area contributed by atoms with Crippen LogP contribution >= 0.6 is 0 Å². The molecule has 2 fully saturated rings. The van der Waals surface area contributed by atoms with Crippen LogP contribution in [0.2, 0.25) is 0 Å². The molecule has 3 nitrogen and oxygen atoms in total. The Morgan fingerprint density at radius 1 is 1.50 bits per heavy atom. The molecule has 2 aliphatic rings. The van der Waals surface area contributed by atoms with Gasteiger partial charge in [0.2, 0.25) is 0 Å². The Hall–Kier alpha value is -0.380. The van der Waals surface area contributed by atoms with Crippen molar-refractivity contribution in [2.24, 2.45) is 0 Å². The lowest BCUT2D eigenvalue weighted by Gasteiger charge is -2.08. The summed E-state index contributed by atoms with van der Waals surface area (Å²) in [7, 11) is 0. The lowest BCUT2D eigenvalue weighted by atomic mass is 10.1. The van der Waals surface area contributed by atoms with Crippen LogP contribution in [0.15, 0.2) is 12.2 Å². The first-order chi connectivity index (χ1) is 4.79. The summed E-state index contributed by atoms with van der Waals surface area (Å²) in [5.74, 6) is 0. The molecular formula is C7H10O3. The molecule has 0 aromatic carbocycles. The van der Waals surface area contributed by atoms with Gasteiger partial charge in [0.1, 0.15) is 18.3 Å². The lowest BCUT2D eigenvalue weighted by Crippen LogP contribution is -2.26. The van der Waals surface area contributed by atoms with Crippen molar-refractivity contribution in [1.29, 1.82) is 0 Å². The van der Waals surface area contributed by atoms with Crippen LogP contribution in [-0.2, 0) is 9.47 Å². The predicted molar refractivity (Wildman–Crippen MR) is 34.6 cm³/mol. The Balaban J connectivity index is 2.16. The van der Waals surface area contributed by atoms with E-state index in [1.807, 2.05) is 0 Å². The van der Waals surface area contributed by atoms with Gasteiger partial charge >= 0.3 is 0 Å². The second-order valence-corrected chi connectivity index (χ2v) is 2.76. The number of aliphatic hydroxyl groups is 1. The fourth-order valence-electron chi connectivity index (χ4n) is 1.43. The number of fused-ring (bicyclic) bond motifs is 1. The maximum atomic E-state index is 9.23. The van der Waals surface area contributed by atoms with Gasteiger partial charge in [-0.15, -0.1) is 0 Å². The van der Waals surface area contributed by atoms with Crippen molar-refractivity contribution in [3.63, 3.8) is 0 Å². The molecule has 0 aliphatic carbocycles. The van der Waals surface area contributed by atoms with Crippen molar-refractivity contribution < 1.29 is 14.6 Å². The number of hydrogen-bond donors (Lipinski definition) is 1. The molecule has 2 heterocycles. The van der Waals surface area contributed by atoms with Crippen molar-refractivity contribution in [2.45, 2.75) is 18.3 Å². The van der Waals surface area contributed by atoms with Crippen LogP contribution in [0, 0.1) is 0 Å². The minimum atomic E-state index is -0.454. The molecule has 10 heavy (non-hydrogen) atoms. The van der Waals surface area contributed by atoms with E-state index >= 15 is 0 Å².